The van der Waals surface area contributed by atoms with Crippen LogP contribution in [0.2, 0.25) is 0 Å². The predicted molar refractivity (Wildman–Crippen MR) is 65.3 cm³/mol. The lowest BCUT2D eigenvalue weighted by Gasteiger charge is -2.05. The molecule has 0 aliphatic heterocycles. The Morgan fingerprint density at radius 1 is 1.54 bits per heavy atom. The monoisotopic (exact) mass is 228 g/mol. The third-order valence-electron chi connectivity index (χ3n) is 1.61. The Hall–Kier alpha value is -0.450. The van der Waals surface area contributed by atoms with Crippen LogP contribution in [-0.2, 0) is 6.42 Å². The molecule has 0 amide bonds. The summed E-state index contributed by atoms with van der Waals surface area (Å²) in [6, 6.07) is 5.16. The van der Waals surface area contributed by atoms with Crippen LogP contribution in [0, 0.1) is 0 Å². The summed E-state index contributed by atoms with van der Waals surface area (Å²) in [7, 11) is 0. The smallest absolute Gasteiger partial charge is 0.120 e. The van der Waals surface area contributed by atoms with Gasteiger partial charge in [-0.15, -0.1) is 12.6 Å². The highest BCUT2D eigenvalue weighted by Crippen LogP contribution is 2.24. The van der Waals surface area contributed by atoms with Crippen LogP contribution in [0.5, 0.6) is 5.75 Å². The second-order valence-corrected chi connectivity index (χ2v) is 3.78. The average Bonchev–Trinajstić information content (AvgIpc) is 2.11. The number of thiol groups is 1. The number of hydrogen-bond donors (Lipinski definition) is 2. The van der Waals surface area contributed by atoms with Crippen LogP contribution in [-0.4, -0.2) is 15.3 Å². The first-order chi connectivity index (χ1) is 6.15. The minimum absolute atomic E-state index is 0.215. The summed E-state index contributed by atoms with van der Waals surface area (Å²) in [4.78, 5) is 1.37. The van der Waals surface area contributed by atoms with Crippen molar-refractivity contribution in [2.75, 3.05) is 0 Å². The van der Waals surface area contributed by atoms with Crippen molar-refractivity contribution in [2.24, 2.45) is 0 Å². The minimum Gasteiger partial charge on any atom is -0.508 e. The third-order valence-corrected chi connectivity index (χ3v) is 2.72. The summed E-state index contributed by atoms with van der Waals surface area (Å²) in [5.74, 6) is 0.215. The maximum absolute atomic E-state index is 9.48. The van der Waals surface area contributed by atoms with E-state index in [2.05, 4.69) is 24.8 Å². The zero-order valence-corrected chi connectivity index (χ0v) is 9.25. The molecule has 1 rings (SSSR count). The summed E-state index contributed by atoms with van der Waals surface area (Å²) in [5.41, 5.74) is 0.733. The first-order valence-electron chi connectivity index (χ1n) is 3.63. The number of benzene rings is 1. The van der Waals surface area contributed by atoms with Crippen molar-refractivity contribution in [3.05, 3.63) is 23.8 Å². The van der Waals surface area contributed by atoms with E-state index in [1.807, 2.05) is 6.07 Å². The van der Waals surface area contributed by atoms with E-state index in [9.17, 15) is 5.11 Å². The molecule has 0 aliphatic rings. The fourth-order valence-electron chi connectivity index (χ4n) is 0.960. The molecule has 0 unspecified atom stereocenters. The zero-order valence-electron chi connectivity index (χ0n) is 6.73. The van der Waals surface area contributed by atoms with E-state index >= 15 is 0 Å². The van der Waals surface area contributed by atoms with Gasteiger partial charge in [0.25, 0.3) is 0 Å². The topological polar surface area (TPSA) is 20.2 Å². The van der Waals surface area contributed by atoms with Gasteiger partial charge in [0.15, 0.2) is 0 Å². The molecule has 68 valence electrons. The van der Waals surface area contributed by atoms with Gasteiger partial charge in [0.1, 0.15) is 5.75 Å². The van der Waals surface area contributed by atoms with Crippen molar-refractivity contribution >= 4 is 47.3 Å². The fourth-order valence-corrected chi connectivity index (χ4v) is 1.47. The van der Waals surface area contributed by atoms with Crippen LogP contribution in [0.4, 0.5) is 0 Å². The van der Waals surface area contributed by atoms with E-state index in [0.717, 1.165) is 10.5 Å². The van der Waals surface area contributed by atoms with Crippen molar-refractivity contribution in [3.8, 4) is 5.75 Å². The van der Waals surface area contributed by atoms with Gasteiger partial charge in [-0.1, -0.05) is 30.5 Å². The highest BCUT2D eigenvalue weighted by Gasteiger charge is 2.05. The zero-order chi connectivity index (χ0) is 9.84. The molecule has 1 nitrogen and oxygen atoms in total. The molecule has 1 N–H and O–H groups in total. The lowest BCUT2D eigenvalue weighted by atomic mass is 10.1. The fraction of sp³-hybridized carbons (Fsp3) is 0.111. The molecule has 13 heavy (non-hydrogen) atoms. The SMILES string of the molecule is Oc1cccc(S)c1CC(=S)C=S. The summed E-state index contributed by atoms with van der Waals surface area (Å²) < 4.78 is 0. The van der Waals surface area contributed by atoms with Crippen LogP contribution in [0.15, 0.2) is 23.1 Å². The highest BCUT2D eigenvalue weighted by molar-refractivity contribution is 7.88. The van der Waals surface area contributed by atoms with E-state index in [1.165, 1.54) is 5.37 Å². The van der Waals surface area contributed by atoms with E-state index < -0.39 is 0 Å². The maximum atomic E-state index is 9.48. The maximum Gasteiger partial charge on any atom is 0.120 e. The molecule has 0 heterocycles. The molecule has 4 heteroatoms. The second kappa shape index (κ2) is 4.69. The minimum atomic E-state index is 0.215. The van der Waals surface area contributed by atoms with Gasteiger partial charge >= 0.3 is 0 Å². The molecule has 1 aromatic carbocycles. The Kier molecular flexibility index (Phi) is 3.84. The molecule has 0 atom stereocenters. The molecule has 0 saturated carbocycles. The van der Waals surface area contributed by atoms with E-state index in [-0.39, 0.29) is 5.75 Å². The molecule has 0 aromatic heterocycles. The van der Waals surface area contributed by atoms with Crippen LogP contribution in [0.1, 0.15) is 5.56 Å². The molecular weight excluding hydrogens is 220 g/mol. The van der Waals surface area contributed by atoms with E-state index in [0.29, 0.717) is 11.3 Å². The van der Waals surface area contributed by atoms with Gasteiger partial charge in [-0.25, -0.2) is 0 Å². The number of aromatic hydroxyl groups is 1. The summed E-state index contributed by atoms with van der Waals surface area (Å²) in [5, 5.41) is 10.9. The summed E-state index contributed by atoms with van der Waals surface area (Å²) in [6.07, 6.45) is 0.477. The van der Waals surface area contributed by atoms with Gasteiger partial charge in [0.05, 0.1) is 0 Å². The summed E-state index contributed by atoms with van der Waals surface area (Å²) in [6.45, 7) is 0. The van der Waals surface area contributed by atoms with E-state index in [4.69, 9.17) is 12.2 Å². The Balaban J connectivity index is 2.99. The Bertz CT molecular complexity index is 326. The second-order valence-electron chi connectivity index (χ2n) is 2.54. The molecule has 0 saturated heterocycles. The first-order valence-corrected chi connectivity index (χ1v) is 4.95. The van der Waals surface area contributed by atoms with Gasteiger partial charge < -0.3 is 5.11 Å². The Labute approximate surface area is 93.2 Å². The summed E-state index contributed by atoms with van der Waals surface area (Å²) >= 11 is 13.9. The van der Waals surface area contributed by atoms with Crippen molar-refractivity contribution in [1.82, 2.24) is 0 Å². The average molecular weight is 228 g/mol. The first kappa shape index (κ1) is 10.6. The molecule has 0 spiro atoms. The molecular formula is C9H8OS3. The number of thiocarbonyl (C=S) groups is 2. The van der Waals surface area contributed by atoms with Crippen molar-refractivity contribution in [1.29, 1.82) is 0 Å². The standard InChI is InChI=1S/C9H8OS3/c10-8-2-1-3-9(13)7(8)4-6(12)5-11/h1-3,5,10,13H,4H2. The van der Waals surface area contributed by atoms with Crippen LogP contribution < -0.4 is 0 Å². The number of phenols is 1. The molecule has 0 bridgehead atoms. The predicted octanol–water partition coefficient (Wildman–Crippen LogP) is 2.59. The van der Waals surface area contributed by atoms with Gasteiger partial charge in [0.2, 0.25) is 0 Å². The lowest BCUT2D eigenvalue weighted by molar-refractivity contribution is 0.468. The number of phenolic OH excluding ortho intramolecular Hbond substituents is 1. The molecule has 1 aromatic rings. The molecule has 0 radical (unpaired) electrons. The highest BCUT2D eigenvalue weighted by atomic mass is 32.1. The van der Waals surface area contributed by atoms with Crippen molar-refractivity contribution in [2.45, 2.75) is 11.3 Å². The molecule has 0 fully saturated rings. The van der Waals surface area contributed by atoms with Gasteiger partial charge in [-0.2, -0.15) is 0 Å². The normalized spacial score (nSPS) is 9.62. The van der Waals surface area contributed by atoms with Crippen LogP contribution in [0.25, 0.3) is 0 Å². The Morgan fingerprint density at radius 2 is 2.23 bits per heavy atom. The lowest BCUT2D eigenvalue weighted by Crippen LogP contribution is -2.00. The van der Waals surface area contributed by atoms with Gasteiger partial charge in [-0.3, -0.25) is 0 Å². The van der Waals surface area contributed by atoms with Crippen LogP contribution in [0.3, 0.4) is 0 Å². The van der Waals surface area contributed by atoms with Crippen molar-refractivity contribution in [3.63, 3.8) is 0 Å². The number of rotatable bonds is 3. The van der Waals surface area contributed by atoms with E-state index in [1.54, 1.807) is 12.1 Å². The van der Waals surface area contributed by atoms with Gasteiger partial charge in [0, 0.05) is 27.1 Å². The Morgan fingerprint density at radius 3 is 2.77 bits per heavy atom. The quantitative estimate of drug-likeness (QED) is 0.613. The number of hydrogen-bond acceptors (Lipinski definition) is 4. The van der Waals surface area contributed by atoms with Crippen LogP contribution >= 0.6 is 37.1 Å². The van der Waals surface area contributed by atoms with Crippen molar-refractivity contribution < 1.29 is 5.11 Å². The third kappa shape index (κ3) is 2.76. The van der Waals surface area contributed by atoms with Gasteiger partial charge in [-0.05, 0) is 12.1 Å². The largest absolute Gasteiger partial charge is 0.508 e. The molecule has 0 aliphatic carbocycles.